The number of nitrogens with one attached hydrogen (secondary N) is 1. The van der Waals surface area contributed by atoms with Crippen molar-refractivity contribution < 1.29 is 18.0 Å². The van der Waals surface area contributed by atoms with Gasteiger partial charge in [-0.25, -0.2) is 4.98 Å². The number of rotatable bonds is 3. The highest BCUT2D eigenvalue weighted by Crippen LogP contribution is 2.35. The number of hydrogen-bond donors (Lipinski definition) is 1. The summed E-state index contributed by atoms with van der Waals surface area (Å²) in [6.45, 7) is 5.71. The Kier molecular flexibility index (Phi) is 6.55. The molecule has 2 aliphatic heterocycles. The smallest absolute Gasteiger partial charge is 0.354 e. The molecule has 0 bridgehead atoms. The molecule has 0 aliphatic carbocycles. The van der Waals surface area contributed by atoms with Gasteiger partial charge in [0.1, 0.15) is 11.5 Å². The average molecular weight is 493 g/mol. The maximum absolute atomic E-state index is 13.5. The highest BCUT2D eigenvalue weighted by Gasteiger charge is 2.35. The summed E-state index contributed by atoms with van der Waals surface area (Å²) in [5.74, 6) is 0.547. The molecule has 1 aromatic carbocycles. The predicted octanol–water partition coefficient (Wildman–Crippen LogP) is 4.02. The Balaban J connectivity index is 0.00000274. The molecule has 2 aromatic heterocycles. The van der Waals surface area contributed by atoms with Gasteiger partial charge in [-0.1, -0.05) is 0 Å². The van der Waals surface area contributed by atoms with Crippen LogP contribution in [-0.4, -0.2) is 53.4 Å². The van der Waals surface area contributed by atoms with Gasteiger partial charge in [-0.2, -0.15) is 18.3 Å². The molecule has 0 saturated carbocycles. The van der Waals surface area contributed by atoms with Crippen molar-refractivity contribution in [2.75, 3.05) is 42.5 Å². The molecule has 3 aromatic rings. The highest BCUT2D eigenvalue weighted by atomic mass is 35.5. The summed E-state index contributed by atoms with van der Waals surface area (Å²) in [5.41, 5.74) is 1.61. The van der Waals surface area contributed by atoms with Crippen molar-refractivity contribution in [1.82, 2.24) is 20.1 Å². The minimum Gasteiger partial charge on any atom is -0.354 e. The number of alkyl halides is 3. The Hall–Kier alpha value is -3.11. The van der Waals surface area contributed by atoms with Crippen LogP contribution in [0.25, 0.3) is 11.1 Å². The van der Waals surface area contributed by atoms with E-state index in [0.29, 0.717) is 23.5 Å². The van der Waals surface area contributed by atoms with Crippen LogP contribution in [0.15, 0.2) is 48.8 Å². The highest BCUT2D eigenvalue weighted by molar-refractivity contribution is 6.09. The summed E-state index contributed by atoms with van der Waals surface area (Å²) in [5, 5.41) is 7.77. The van der Waals surface area contributed by atoms with E-state index in [4.69, 9.17) is 0 Å². The molecule has 0 spiro atoms. The molecule has 11 heteroatoms. The number of carbonyl (C=O) groups is 1. The quantitative estimate of drug-likeness (QED) is 0.598. The zero-order chi connectivity index (χ0) is 23.2. The second-order valence-electron chi connectivity index (χ2n) is 8.30. The SMILES string of the molecule is C[C@H]1CN(c2ccc(C(F)(F)F)cc2)C(=O)c2c(-c3ccnc(N4CCNCC4)c3)cnn21.Cl. The molecule has 5 rings (SSSR count). The third-order valence-corrected chi connectivity index (χ3v) is 6.11. The first-order chi connectivity index (χ1) is 15.8. The second kappa shape index (κ2) is 9.27. The third-order valence-electron chi connectivity index (χ3n) is 6.11. The molecule has 1 amide bonds. The van der Waals surface area contributed by atoms with Crippen molar-refractivity contribution in [3.05, 3.63) is 60.0 Å². The summed E-state index contributed by atoms with van der Waals surface area (Å²) < 4.78 is 40.6. The number of halogens is 4. The molecular formula is C23H24ClF3N6O. The molecule has 4 heterocycles. The molecule has 1 fully saturated rings. The van der Waals surface area contributed by atoms with Crippen LogP contribution in [0, 0.1) is 0 Å². The summed E-state index contributed by atoms with van der Waals surface area (Å²) >= 11 is 0. The summed E-state index contributed by atoms with van der Waals surface area (Å²) in [6, 6.07) is 8.35. The van der Waals surface area contributed by atoms with Crippen LogP contribution in [0.4, 0.5) is 24.7 Å². The Morgan fingerprint density at radius 3 is 2.47 bits per heavy atom. The first-order valence-corrected chi connectivity index (χ1v) is 10.8. The Morgan fingerprint density at radius 2 is 1.79 bits per heavy atom. The van der Waals surface area contributed by atoms with Crippen molar-refractivity contribution in [1.29, 1.82) is 0 Å². The molecule has 7 nitrogen and oxygen atoms in total. The number of nitrogens with zero attached hydrogens (tertiary/aromatic N) is 5. The van der Waals surface area contributed by atoms with Gasteiger partial charge in [-0.15, -0.1) is 12.4 Å². The fraction of sp³-hybridized carbons (Fsp3) is 0.348. The van der Waals surface area contributed by atoms with Gasteiger partial charge in [0.25, 0.3) is 5.91 Å². The van der Waals surface area contributed by atoms with Gasteiger partial charge < -0.3 is 15.1 Å². The Labute approximate surface area is 201 Å². The lowest BCUT2D eigenvalue weighted by atomic mass is 10.0. The number of anilines is 2. The van der Waals surface area contributed by atoms with Crippen LogP contribution in [0.1, 0.15) is 29.0 Å². The lowest BCUT2D eigenvalue weighted by Gasteiger charge is -2.32. The van der Waals surface area contributed by atoms with Gasteiger partial charge in [0.2, 0.25) is 0 Å². The number of hydrogen-bond acceptors (Lipinski definition) is 5. The van der Waals surface area contributed by atoms with Gasteiger partial charge in [0, 0.05) is 50.2 Å². The van der Waals surface area contributed by atoms with Crippen LogP contribution < -0.4 is 15.1 Å². The van der Waals surface area contributed by atoms with Crippen LogP contribution >= 0.6 is 12.4 Å². The summed E-state index contributed by atoms with van der Waals surface area (Å²) in [7, 11) is 0. The average Bonchev–Trinajstić information content (AvgIpc) is 3.28. The summed E-state index contributed by atoms with van der Waals surface area (Å²) in [6.07, 6.45) is -1.02. The van der Waals surface area contributed by atoms with Gasteiger partial charge in [0.05, 0.1) is 17.8 Å². The van der Waals surface area contributed by atoms with E-state index in [-0.39, 0.29) is 24.4 Å². The van der Waals surface area contributed by atoms with E-state index in [1.807, 2.05) is 19.1 Å². The van der Waals surface area contributed by atoms with E-state index in [2.05, 4.69) is 20.3 Å². The number of carbonyl (C=O) groups excluding carboxylic acids is 1. The number of piperazine rings is 1. The number of amides is 1. The number of benzene rings is 1. The largest absolute Gasteiger partial charge is 0.416 e. The molecule has 1 N–H and O–H groups in total. The van der Waals surface area contributed by atoms with Crippen LogP contribution in [0.5, 0.6) is 0 Å². The van der Waals surface area contributed by atoms with E-state index in [1.165, 1.54) is 17.0 Å². The molecular weight excluding hydrogens is 469 g/mol. The molecule has 2 aliphatic rings. The first kappa shape index (κ1) is 24.0. The van der Waals surface area contributed by atoms with E-state index in [1.54, 1.807) is 17.1 Å². The monoisotopic (exact) mass is 492 g/mol. The van der Waals surface area contributed by atoms with Crippen molar-refractivity contribution in [3.63, 3.8) is 0 Å². The molecule has 0 radical (unpaired) electrons. The van der Waals surface area contributed by atoms with Crippen molar-refractivity contribution >= 4 is 29.8 Å². The van der Waals surface area contributed by atoms with Gasteiger partial charge in [-0.3, -0.25) is 9.48 Å². The lowest BCUT2D eigenvalue weighted by Crippen LogP contribution is -2.43. The molecule has 34 heavy (non-hydrogen) atoms. The van der Waals surface area contributed by atoms with Gasteiger partial charge in [-0.05, 0) is 48.9 Å². The molecule has 180 valence electrons. The number of fused-ring (bicyclic) bond motifs is 1. The van der Waals surface area contributed by atoms with Crippen LogP contribution in [0.2, 0.25) is 0 Å². The predicted molar refractivity (Wildman–Crippen MR) is 126 cm³/mol. The van der Waals surface area contributed by atoms with Gasteiger partial charge in [0.15, 0.2) is 0 Å². The van der Waals surface area contributed by atoms with Crippen LogP contribution in [0.3, 0.4) is 0 Å². The Morgan fingerprint density at radius 1 is 1.09 bits per heavy atom. The number of aromatic nitrogens is 3. The minimum atomic E-state index is -4.42. The minimum absolute atomic E-state index is 0. The summed E-state index contributed by atoms with van der Waals surface area (Å²) in [4.78, 5) is 21.7. The molecule has 1 saturated heterocycles. The van der Waals surface area contributed by atoms with Crippen LogP contribution in [-0.2, 0) is 6.18 Å². The fourth-order valence-electron chi connectivity index (χ4n) is 4.38. The number of pyridine rings is 1. The second-order valence-corrected chi connectivity index (χ2v) is 8.30. The van der Waals surface area contributed by atoms with Gasteiger partial charge >= 0.3 is 6.18 Å². The molecule has 0 unspecified atom stereocenters. The maximum atomic E-state index is 13.5. The normalized spacial score (nSPS) is 18.5. The fourth-order valence-corrected chi connectivity index (χ4v) is 4.38. The Bertz CT molecular complexity index is 1170. The first-order valence-electron chi connectivity index (χ1n) is 10.8. The van der Waals surface area contributed by atoms with Crippen molar-refractivity contribution in [2.45, 2.75) is 19.1 Å². The lowest BCUT2D eigenvalue weighted by molar-refractivity contribution is -0.137. The van der Waals surface area contributed by atoms with E-state index in [9.17, 15) is 18.0 Å². The third kappa shape index (κ3) is 4.35. The zero-order valence-electron chi connectivity index (χ0n) is 18.4. The van der Waals surface area contributed by atoms with E-state index < -0.39 is 11.7 Å². The van der Waals surface area contributed by atoms with Crippen molar-refractivity contribution in [3.8, 4) is 11.1 Å². The van der Waals surface area contributed by atoms with Crippen molar-refractivity contribution in [2.24, 2.45) is 0 Å². The standard InChI is InChI=1S/C23H23F3N6O.ClH/c1-15-14-31(18-4-2-17(3-5-18)23(24,25)26)22(33)21-19(13-29-32(15)21)16-6-7-28-20(12-16)30-10-8-27-9-11-30;/h2-7,12-13,15,27H,8-11,14H2,1H3;1H/t15-;/m0./s1. The maximum Gasteiger partial charge on any atom is 0.416 e. The van der Waals surface area contributed by atoms with E-state index in [0.717, 1.165) is 49.7 Å². The molecule has 1 atom stereocenters. The topological polar surface area (TPSA) is 66.3 Å². The zero-order valence-corrected chi connectivity index (χ0v) is 19.2. The van der Waals surface area contributed by atoms with E-state index >= 15 is 0 Å².